The number of hydrogen-bond acceptors (Lipinski definition) is 2. The molecule has 34 heavy (non-hydrogen) atoms. The van der Waals surface area contributed by atoms with Crippen LogP contribution < -0.4 is 14.8 Å². The molecule has 0 heterocycles. The van der Waals surface area contributed by atoms with Crippen molar-refractivity contribution in [1.29, 1.82) is 0 Å². The zero-order chi connectivity index (χ0) is 25.6. The minimum atomic E-state index is -3.27. The van der Waals surface area contributed by atoms with Gasteiger partial charge in [-0.15, -0.1) is 0 Å². The Morgan fingerprint density at radius 1 is 0.412 bits per heavy atom. The Labute approximate surface area is 179 Å². The lowest BCUT2D eigenvalue weighted by molar-refractivity contribution is 0.315. The second-order valence-electron chi connectivity index (χ2n) is 6.16. The number of hydrogen-bond donors (Lipinski definition) is 0. The SMILES string of the molecule is Fc1cc(F)c(F)c(B(Oc2c(F)c(F)c(F)c(F)c2F)Oc2c(F)c(F)c(F)c(F)c2F)c1. The Morgan fingerprint density at radius 2 is 0.735 bits per heavy atom. The van der Waals surface area contributed by atoms with Gasteiger partial charge in [-0.2, -0.15) is 17.6 Å². The highest BCUT2D eigenvalue weighted by molar-refractivity contribution is 6.62. The van der Waals surface area contributed by atoms with E-state index in [9.17, 15) is 57.1 Å². The van der Waals surface area contributed by atoms with Gasteiger partial charge >= 0.3 is 7.12 Å². The van der Waals surface area contributed by atoms with E-state index in [1.165, 1.54) is 0 Å². The third kappa shape index (κ3) is 4.07. The molecule has 0 saturated carbocycles. The molecule has 0 unspecified atom stereocenters. The molecule has 16 heteroatoms. The average molecular weight is 508 g/mol. The summed E-state index contributed by atoms with van der Waals surface area (Å²) in [6.07, 6.45) is 0. The molecule has 3 aromatic rings. The summed E-state index contributed by atoms with van der Waals surface area (Å²) in [4.78, 5) is 0. The van der Waals surface area contributed by atoms with Crippen LogP contribution in [0.25, 0.3) is 0 Å². The summed E-state index contributed by atoms with van der Waals surface area (Å²) in [5, 5.41) is 0. The van der Waals surface area contributed by atoms with Crippen LogP contribution in [-0.2, 0) is 0 Å². The first kappa shape index (κ1) is 25.0. The second-order valence-corrected chi connectivity index (χ2v) is 6.16. The molecule has 0 fully saturated rings. The van der Waals surface area contributed by atoms with E-state index in [0.717, 1.165) is 0 Å². The summed E-state index contributed by atoms with van der Waals surface area (Å²) < 4.78 is 186. The fraction of sp³-hybridized carbons (Fsp3) is 0. The Hall–Kier alpha value is -3.59. The first-order chi connectivity index (χ1) is 15.8. The van der Waals surface area contributed by atoms with Gasteiger partial charge in [0, 0.05) is 6.07 Å². The zero-order valence-electron chi connectivity index (χ0n) is 15.5. The van der Waals surface area contributed by atoms with E-state index in [-0.39, 0.29) is 12.1 Å². The Kier molecular flexibility index (Phi) is 6.62. The summed E-state index contributed by atoms with van der Waals surface area (Å²) in [6.45, 7) is 0. The molecule has 0 amide bonds. The Balaban J connectivity index is 2.26. The molecule has 0 saturated heterocycles. The van der Waals surface area contributed by atoms with E-state index < -0.39 is 99.7 Å². The molecule has 3 aromatic carbocycles. The maximum absolute atomic E-state index is 14.2. The molecule has 0 bridgehead atoms. The highest BCUT2D eigenvalue weighted by atomic mass is 19.2. The molecule has 0 aliphatic heterocycles. The predicted octanol–water partition coefficient (Wildman–Crippen LogP) is 5.35. The normalized spacial score (nSPS) is 11.1. The number of halogens is 13. The Bertz CT molecular complexity index is 1180. The first-order valence-electron chi connectivity index (χ1n) is 8.28. The highest BCUT2D eigenvalue weighted by Gasteiger charge is 2.39. The average Bonchev–Trinajstić information content (AvgIpc) is 2.80. The van der Waals surface area contributed by atoms with Gasteiger partial charge in [0.05, 0.1) is 5.46 Å². The molecule has 180 valence electrons. The molecule has 0 aliphatic carbocycles. The van der Waals surface area contributed by atoms with Crippen LogP contribution in [-0.4, -0.2) is 7.12 Å². The summed E-state index contributed by atoms with van der Waals surface area (Å²) in [5.74, 6) is -37.6. The van der Waals surface area contributed by atoms with Gasteiger partial charge in [-0.1, -0.05) is 0 Å². The molecular weight excluding hydrogens is 506 g/mol. The van der Waals surface area contributed by atoms with Crippen molar-refractivity contribution in [3.63, 3.8) is 0 Å². The van der Waals surface area contributed by atoms with Gasteiger partial charge in [-0.05, 0) is 6.07 Å². The second kappa shape index (κ2) is 8.98. The van der Waals surface area contributed by atoms with Crippen LogP contribution in [0.2, 0.25) is 0 Å². The lowest BCUT2D eigenvalue weighted by atomic mass is 9.77. The van der Waals surface area contributed by atoms with Crippen molar-refractivity contribution in [1.82, 2.24) is 0 Å². The fourth-order valence-corrected chi connectivity index (χ4v) is 2.49. The maximum atomic E-state index is 14.2. The van der Waals surface area contributed by atoms with E-state index >= 15 is 0 Å². The third-order valence-electron chi connectivity index (χ3n) is 4.06. The molecule has 0 atom stereocenters. The maximum Gasteiger partial charge on any atom is 0.636 e. The molecule has 0 spiro atoms. The van der Waals surface area contributed by atoms with Crippen LogP contribution >= 0.6 is 0 Å². The minimum absolute atomic E-state index is 0.0822. The number of rotatable bonds is 5. The molecular formula is C18H2BF13O2. The van der Waals surface area contributed by atoms with Gasteiger partial charge < -0.3 is 9.31 Å². The molecule has 0 aromatic heterocycles. The third-order valence-corrected chi connectivity index (χ3v) is 4.06. The van der Waals surface area contributed by atoms with Crippen molar-refractivity contribution < 1.29 is 66.4 Å². The van der Waals surface area contributed by atoms with E-state index in [0.29, 0.717) is 0 Å². The summed E-state index contributed by atoms with van der Waals surface area (Å²) in [5.41, 5.74) is -1.68. The molecule has 0 radical (unpaired) electrons. The van der Waals surface area contributed by atoms with E-state index in [4.69, 9.17) is 0 Å². The van der Waals surface area contributed by atoms with Gasteiger partial charge in [-0.3, -0.25) is 0 Å². The molecule has 0 N–H and O–H groups in total. The topological polar surface area (TPSA) is 18.5 Å². The molecule has 3 rings (SSSR count). The molecule has 2 nitrogen and oxygen atoms in total. The van der Waals surface area contributed by atoms with Crippen LogP contribution in [0, 0.1) is 75.6 Å². The Morgan fingerprint density at radius 3 is 1.09 bits per heavy atom. The van der Waals surface area contributed by atoms with Crippen LogP contribution in [0.4, 0.5) is 57.1 Å². The van der Waals surface area contributed by atoms with Crippen LogP contribution in [0.15, 0.2) is 12.1 Å². The molecule has 0 aliphatic rings. The summed E-state index contributed by atoms with van der Waals surface area (Å²) in [6, 6.07) is -0.201. The highest BCUT2D eigenvalue weighted by Crippen LogP contribution is 2.32. The summed E-state index contributed by atoms with van der Waals surface area (Å²) in [7, 11) is -3.27. The van der Waals surface area contributed by atoms with Crippen molar-refractivity contribution in [2.24, 2.45) is 0 Å². The van der Waals surface area contributed by atoms with Crippen molar-refractivity contribution in [3.8, 4) is 11.5 Å². The monoisotopic (exact) mass is 508 g/mol. The number of benzene rings is 3. The lowest BCUT2D eigenvalue weighted by Crippen LogP contribution is -2.46. The largest absolute Gasteiger partial charge is 0.636 e. The van der Waals surface area contributed by atoms with Gasteiger partial charge in [-0.25, -0.2) is 39.5 Å². The van der Waals surface area contributed by atoms with Crippen molar-refractivity contribution >= 4 is 12.6 Å². The van der Waals surface area contributed by atoms with Crippen molar-refractivity contribution in [2.75, 3.05) is 0 Å². The standard InChI is InChI=1S/C18H2BF13O2/c20-3-1-4(6(22)5(21)2-3)19(33-17-13(29)9(25)7(23)10(26)14(17)30)34-18-15(31)11(27)8(24)12(28)16(18)32/h1-2H. The summed E-state index contributed by atoms with van der Waals surface area (Å²) >= 11 is 0. The smallest absolute Gasteiger partial charge is 0.518 e. The van der Waals surface area contributed by atoms with Gasteiger partial charge in [0.2, 0.25) is 58.2 Å². The quantitative estimate of drug-likeness (QED) is 0.201. The van der Waals surface area contributed by atoms with E-state index in [1.54, 1.807) is 0 Å². The first-order valence-corrected chi connectivity index (χ1v) is 8.28. The zero-order valence-corrected chi connectivity index (χ0v) is 15.5. The lowest BCUT2D eigenvalue weighted by Gasteiger charge is -2.20. The van der Waals surface area contributed by atoms with Crippen molar-refractivity contribution in [3.05, 3.63) is 87.8 Å². The fourth-order valence-electron chi connectivity index (χ4n) is 2.49. The minimum Gasteiger partial charge on any atom is -0.518 e. The van der Waals surface area contributed by atoms with E-state index in [1.807, 2.05) is 0 Å². The van der Waals surface area contributed by atoms with Crippen LogP contribution in [0.5, 0.6) is 11.5 Å². The van der Waals surface area contributed by atoms with Crippen LogP contribution in [0.3, 0.4) is 0 Å². The van der Waals surface area contributed by atoms with Gasteiger partial charge in [0.15, 0.2) is 23.1 Å². The predicted molar refractivity (Wildman–Crippen MR) is 85.4 cm³/mol. The van der Waals surface area contributed by atoms with Gasteiger partial charge in [0.25, 0.3) is 0 Å². The van der Waals surface area contributed by atoms with Gasteiger partial charge in [0.1, 0.15) is 5.82 Å². The van der Waals surface area contributed by atoms with Crippen molar-refractivity contribution in [2.45, 2.75) is 0 Å². The van der Waals surface area contributed by atoms with Crippen LogP contribution in [0.1, 0.15) is 0 Å². The van der Waals surface area contributed by atoms with E-state index in [2.05, 4.69) is 9.31 Å².